The smallest absolute Gasteiger partial charge is 0.302 e. The number of carbonyl (C=O) groups is 1. The van der Waals surface area contributed by atoms with Crippen molar-refractivity contribution in [3.05, 3.63) is 35.9 Å². The van der Waals surface area contributed by atoms with E-state index in [1.165, 1.54) is 12.5 Å². The molecular formula is C14H20O2. The summed E-state index contributed by atoms with van der Waals surface area (Å²) in [6.45, 7) is 6.30. The first-order valence-corrected chi connectivity index (χ1v) is 5.77. The van der Waals surface area contributed by atoms with E-state index in [2.05, 4.69) is 26.0 Å². The maximum Gasteiger partial charge on any atom is 0.302 e. The highest BCUT2D eigenvalue weighted by Gasteiger charge is 2.15. The number of ether oxygens (including phenoxy) is 1. The summed E-state index contributed by atoms with van der Waals surface area (Å²) >= 11 is 0. The summed E-state index contributed by atoms with van der Waals surface area (Å²) in [5.41, 5.74) is 1.30. The van der Waals surface area contributed by atoms with Gasteiger partial charge in [0.1, 0.15) is 0 Å². The van der Waals surface area contributed by atoms with Crippen molar-refractivity contribution in [1.29, 1.82) is 0 Å². The van der Waals surface area contributed by atoms with Crippen molar-refractivity contribution in [3.8, 4) is 0 Å². The van der Waals surface area contributed by atoms with E-state index in [-0.39, 0.29) is 5.97 Å². The molecule has 1 unspecified atom stereocenters. The highest BCUT2D eigenvalue weighted by Crippen LogP contribution is 2.17. The number of hydrogen-bond donors (Lipinski definition) is 0. The Balaban J connectivity index is 2.54. The van der Waals surface area contributed by atoms with E-state index in [0.29, 0.717) is 18.4 Å². The Morgan fingerprint density at radius 3 is 2.38 bits per heavy atom. The fourth-order valence-electron chi connectivity index (χ4n) is 1.63. The molecule has 1 aromatic rings. The molecule has 0 N–H and O–H groups in total. The van der Waals surface area contributed by atoms with Gasteiger partial charge in [-0.15, -0.1) is 0 Å². The van der Waals surface area contributed by atoms with Gasteiger partial charge in [-0.25, -0.2) is 0 Å². The van der Waals surface area contributed by atoms with Crippen LogP contribution < -0.4 is 0 Å². The summed E-state index contributed by atoms with van der Waals surface area (Å²) in [5, 5.41) is 0. The van der Waals surface area contributed by atoms with Crippen LogP contribution in [0.2, 0.25) is 0 Å². The Bertz CT molecular complexity index is 317. The van der Waals surface area contributed by atoms with E-state index in [0.717, 1.165) is 6.42 Å². The molecule has 0 amide bonds. The Morgan fingerprint density at radius 1 is 1.25 bits per heavy atom. The van der Waals surface area contributed by atoms with Gasteiger partial charge in [0.05, 0.1) is 6.61 Å². The minimum Gasteiger partial charge on any atom is -0.466 e. The number of carbonyl (C=O) groups excluding carboxylic acids is 1. The van der Waals surface area contributed by atoms with Crippen LogP contribution in [0, 0.1) is 11.8 Å². The van der Waals surface area contributed by atoms with Gasteiger partial charge in [-0.3, -0.25) is 4.79 Å². The molecule has 0 saturated heterocycles. The normalized spacial score (nSPS) is 12.5. The quantitative estimate of drug-likeness (QED) is 0.713. The van der Waals surface area contributed by atoms with E-state index >= 15 is 0 Å². The third-order valence-electron chi connectivity index (χ3n) is 2.78. The van der Waals surface area contributed by atoms with Gasteiger partial charge >= 0.3 is 5.97 Å². The van der Waals surface area contributed by atoms with Gasteiger partial charge in [-0.2, -0.15) is 0 Å². The van der Waals surface area contributed by atoms with Crippen molar-refractivity contribution in [2.75, 3.05) is 6.61 Å². The van der Waals surface area contributed by atoms with E-state index < -0.39 is 0 Å². The first-order chi connectivity index (χ1) is 7.59. The lowest BCUT2D eigenvalue weighted by molar-refractivity contribution is -0.142. The summed E-state index contributed by atoms with van der Waals surface area (Å²) in [5.74, 6) is 0.713. The molecule has 1 rings (SSSR count). The van der Waals surface area contributed by atoms with Crippen molar-refractivity contribution in [3.63, 3.8) is 0 Å². The van der Waals surface area contributed by atoms with Crippen LogP contribution in [0.15, 0.2) is 30.3 Å². The molecule has 0 bridgehead atoms. The van der Waals surface area contributed by atoms with Crippen LogP contribution in [0.4, 0.5) is 0 Å². The molecule has 88 valence electrons. The van der Waals surface area contributed by atoms with Crippen LogP contribution in [0.5, 0.6) is 0 Å². The summed E-state index contributed by atoms with van der Waals surface area (Å²) < 4.78 is 5.10. The number of hydrogen-bond acceptors (Lipinski definition) is 2. The highest BCUT2D eigenvalue weighted by molar-refractivity contribution is 5.65. The second-order valence-corrected chi connectivity index (χ2v) is 4.50. The maximum absolute atomic E-state index is 10.8. The second-order valence-electron chi connectivity index (χ2n) is 4.50. The highest BCUT2D eigenvalue weighted by atomic mass is 16.5. The van der Waals surface area contributed by atoms with Gasteiger partial charge in [-0.05, 0) is 23.8 Å². The summed E-state index contributed by atoms with van der Waals surface area (Å²) in [7, 11) is 0. The lowest BCUT2D eigenvalue weighted by Crippen LogP contribution is -2.20. The molecule has 2 heteroatoms. The Hall–Kier alpha value is -1.31. The third kappa shape index (κ3) is 4.47. The second kappa shape index (κ2) is 6.31. The molecule has 2 nitrogen and oxygen atoms in total. The Kier molecular flexibility index (Phi) is 5.03. The molecule has 0 radical (unpaired) electrons. The van der Waals surface area contributed by atoms with Crippen molar-refractivity contribution >= 4 is 5.97 Å². The van der Waals surface area contributed by atoms with Crippen molar-refractivity contribution in [1.82, 2.24) is 0 Å². The monoisotopic (exact) mass is 220 g/mol. The maximum atomic E-state index is 10.8. The molecule has 0 saturated carbocycles. The van der Waals surface area contributed by atoms with Gasteiger partial charge in [-0.1, -0.05) is 44.2 Å². The van der Waals surface area contributed by atoms with Gasteiger partial charge in [0.15, 0.2) is 0 Å². The molecular weight excluding hydrogens is 200 g/mol. The summed E-state index contributed by atoms with van der Waals surface area (Å²) in [6.07, 6.45) is 0.964. The van der Waals surface area contributed by atoms with Crippen LogP contribution in [0.3, 0.4) is 0 Å². The first-order valence-electron chi connectivity index (χ1n) is 5.77. The van der Waals surface area contributed by atoms with Gasteiger partial charge in [0.2, 0.25) is 0 Å². The fraction of sp³-hybridized carbons (Fsp3) is 0.500. The van der Waals surface area contributed by atoms with Gasteiger partial charge < -0.3 is 4.74 Å². The predicted molar refractivity (Wildman–Crippen MR) is 65.1 cm³/mol. The van der Waals surface area contributed by atoms with Crippen molar-refractivity contribution in [2.45, 2.75) is 27.2 Å². The number of benzene rings is 1. The van der Waals surface area contributed by atoms with Crippen LogP contribution in [-0.4, -0.2) is 12.6 Å². The van der Waals surface area contributed by atoms with E-state index in [1.807, 2.05) is 18.2 Å². The molecule has 0 aromatic heterocycles. The standard InChI is InChI=1S/C14H20O2/c1-11(2)14(10-16-12(3)15)9-13-7-5-4-6-8-13/h4-8,11,14H,9-10H2,1-3H3. The minimum atomic E-state index is -0.196. The average molecular weight is 220 g/mol. The molecule has 0 heterocycles. The topological polar surface area (TPSA) is 26.3 Å². The summed E-state index contributed by atoms with van der Waals surface area (Å²) in [4.78, 5) is 10.8. The summed E-state index contributed by atoms with van der Waals surface area (Å²) in [6, 6.07) is 10.3. The lowest BCUT2D eigenvalue weighted by atomic mass is 9.90. The zero-order valence-electron chi connectivity index (χ0n) is 10.3. The number of esters is 1. The molecule has 0 aliphatic carbocycles. The van der Waals surface area contributed by atoms with Crippen LogP contribution in [0.25, 0.3) is 0 Å². The third-order valence-corrected chi connectivity index (χ3v) is 2.78. The van der Waals surface area contributed by atoms with Crippen LogP contribution in [-0.2, 0) is 16.0 Å². The average Bonchev–Trinajstić information content (AvgIpc) is 2.25. The SMILES string of the molecule is CC(=O)OCC(Cc1ccccc1)C(C)C. The molecule has 0 aliphatic rings. The Labute approximate surface area is 97.6 Å². The van der Waals surface area contributed by atoms with Crippen LogP contribution >= 0.6 is 0 Å². The minimum absolute atomic E-state index is 0.196. The van der Waals surface area contributed by atoms with Crippen molar-refractivity contribution in [2.24, 2.45) is 11.8 Å². The zero-order valence-corrected chi connectivity index (χ0v) is 10.3. The molecule has 0 aliphatic heterocycles. The molecule has 16 heavy (non-hydrogen) atoms. The van der Waals surface area contributed by atoms with Crippen molar-refractivity contribution < 1.29 is 9.53 Å². The lowest BCUT2D eigenvalue weighted by Gasteiger charge is -2.20. The molecule has 1 atom stereocenters. The predicted octanol–water partition coefficient (Wildman–Crippen LogP) is 3.06. The molecule has 0 spiro atoms. The van der Waals surface area contributed by atoms with Gasteiger partial charge in [0.25, 0.3) is 0 Å². The Morgan fingerprint density at radius 2 is 1.88 bits per heavy atom. The van der Waals surface area contributed by atoms with E-state index in [9.17, 15) is 4.79 Å². The van der Waals surface area contributed by atoms with Crippen LogP contribution in [0.1, 0.15) is 26.3 Å². The number of rotatable bonds is 5. The molecule has 1 aromatic carbocycles. The first kappa shape index (κ1) is 12.8. The van der Waals surface area contributed by atoms with Gasteiger partial charge in [0, 0.05) is 6.92 Å². The fourth-order valence-corrected chi connectivity index (χ4v) is 1.63. The zero-order chi connectivity index (χ0) is 12.0. The largest absolute Gasteiger partial charge is 0.466 e. The van der Waals surface area contributed by atoms with E-state index in [1.54, 1.807) is 0 Å². The molecule has 0 fully saturated rings. The van der Waals surface area contributed by atoms with E-state index in [4.69, 9.17) is 4.74 Å².